The first-order chi connectivity index (χ1) is 13.4. The number of hydrogen-bond acceptors (Lipinski definition) is 4. The highest BCUT2D eigenvalue weighted by Gasteiger charge is 2.41. The summed E-state index contributed by atoms with van der Waals surface area (Å²) in [6, 6.07) is 9.10. The van der Waals surface area contributed by atoms with E-state index >= 15 is 0 Å². The zero-order valence-electron chi connectivity index (χ0n) is 15.0. The molecule has 2 aromatic rings. The van der Waals surface area contributed by atoms with Crippen LogP contribution in [0.3, 0.4) is 0 Å². The number of likely N-dealkylation sites (tertiary alicyclic amines) is 1. The van der Waals surface area contributed by atoms with Crippen LogP contribution in [-0.2, 0) is 20.7 Å². The van der Waals surface area contributed by atoms with Gasteiger partial charge in [-0.25, -0.2) is 13.6 Å². The third-order valence-electron chi connectivity index (χ3n) is 4.58. The van der Waals surface area contributed by atoms with Crippen LogP contribution < -0.4 is 4.74 Å². The minimum atomic E-state index is -0.903. The SMILES string of the molecule is COC(=O)[C@H]1C[C@H](Oc2ccccc2F)CN1C(=O)Cc1c(F)cccc1Cl. The first-order valence-electron chi connectivity index (χ1n) is 8.62. The van der Waals surface area contributed by atoms with Gasteiger partial charge >= 0.3 is 5.97 Å². The highest BCUT2D eigenvalue weighted by molar-refractivity contribution is 6.31. The molecule has 8 heteroatoms. The van der Waals surface area contributed by atoms with Crippen molar-refractivity contribution in [3.05, 3.63) is 64.7 Å². The van der Waals surface area contributed by atoms with Gasteiger partial charge in [0.25, 0.3) is 0 Å². The van der Waals surface area contributed by atoms with Crippen molar-refractivity contribution in [1.29, 1.82) is 0 Å². The van der Waals surface area contributed by atoms with E-state index in [0.717, 1.165) is 0 Å². The standard InChI is InChI=1S/C20H18ClF2NO4/c1-27-20(26)17-9-12(28-18-8-3-2-6-16(18)23)11-24(17)19(25)10-13-14(21)5-4-7-15(13)22/h2-8,12,17H,9-11H2,1H3/t12-,17+/m0/s1. The lowest BCUT2D eigenvalue weighted by Crippen LogP contribution is -2.42. The van der Waals surface area contributed by atoms with Crippen LogP contribution in [0, 0.1) is 11.6 Å². The average molecular weight is 410 g/mol. The van der Waals surface area contributed by atoms with Crippen LogP contribution in [-0.4, -0.2) is 42.6 Å². The van der Waals surface area contributed by atoms with E-state index < -0.39 is 35.7 Å². The summed E-state index contributed by atoms with van der Waals surface area (Å²) in [5, 5.41) is 0.126. The number of amides is 1. The molecule has 28 heavy (non-hydrogen) atoms. The number of ether oxygens (including phenoxy) is 2. The Balaban J connectivity index is 1.78. The number of halogens is 3. The van der Waals surface area contributed by atoms with Gasteiger partial charge in [0.2, 0.25) is 5.91 Å². The highest BCUT2D eigenvalue weighted by atomic mass is 35.5. The predicted octanol–water partition coefficient (Wildman–Crippen LogP) is 3.38. The fraction of sp³-hybridized carbons (Fsp3) is 0.300. The van der Waals surface area contributed by atoms with Crippen molar-refractivity contribution < 1.29 is 27.8 Å². The molecule has 1 aliphatic heterocycles. The number of methoxy groups -OCH3 is 1. The molecule has 1 amide bonds. The van der Waals surface area contributed by atoms with E-state index in [1.54, 1.807) is 6.07 Å². The first kappa shape index (κ1) is 20.1. The number of esters is 1. The van der Waals surface area contributed by atoms with Crippen LogP contribution in [0.5, 0.6) is 5.75 Å². The van der Waals surface area contributed by atoms with Crippen molar-refractivity contribution >= 4 is 23.5 Å². The zero-order chi connectivity index (χ0) is 20.3. The minimum absolute atomic E-state index is 0.0302. The minimum Gasteiger partial charge on any atom is -0.485 e. The second-order valence-corrected chi connectivity index (χ2v) is 6.78. The van der Waals surface area contributed by atoms with Crippen LogP contribution in [0.2, 0.25) is 5.02 Å². The molecule has 0 unspecified atom stereocenters. The summed E-state index contributed by atoms with van der Waals surface area (Å²) in [6.45, 7) is 0.0407. The Hall–Kier alpha value is -2.67. The Bertz CT molecular complexity index is 872. The van der Waals surface area contributed by atoms with Gasteiger partial charge in [-0.05, 0) is 24.3 Å². The maximum absolute atomic E-state index is 14.0. The molecular weight excluding hydrogens is 392 g/mol. The lowest BCUT2D eigenvalue weighted by Gasteiger charge is -2.22. The summed E-state index contributed by atoms with van der Waals surface area (Å²) in [6.07, 6.45) is -0.788. The number of benzene rings is 2. The van der Waals surface area contributed by atoms with Gasteiger partial charge in [0, 0.05) is 17.0 Å². The molecule has 0 aliphatic carbocycles. The third kappa shape index (κ3) is 4.25. The normalized spacial score (nSPS) is 18.8. The third-order valence-corrected chi connectivity index (χ3v) is 4.93. The molecule has 1 fully saturated rings. The molecule has 0 bridgehead atoms. The molecule has 2 aromatic carbocycles. The Kier molecular flexibility index (Phi) is 6.14. The van der Waals surface area contributed by atoms with Crippen molar-refractivity contribution in [2.24, 2.45) is 0 Å². The molecular formula is C20H18ClF2NO4. The Morgan fingerprint density at radius 2 is 1.86 bits per heavy atom. The van der Waals surface area contributed by atoms with Crippen molar-refractivity contribution in [1.82, 2.24) is 4.90 Å². The molecule has 0 aromatic heterocycles. The molecule has 3 rings (SSSR count). The van der Waals surface area contributed by atoms with E-state index in [4.69, 9.17) is 21.1 Å². The summed E-state index contributed by atoms with van der Waals surface area (Å²) in [7, 11) is 1.21. The Labute approximate surface area is 165 Å². The summed E-state index contributed by atoms with van der Waals surface area (Å²) >= 11 is 5.99. The molecule has 1 saturated heterocycles. The van der Waals surface area contributed by atoms with Crippen LogP contribution in [0.15, 0.2) is 42.5 Å². The van der Waals surface area contributed by atoms with Gasteiger partial charge in [0.15, 0.2) is 11.6 Å². The van der Waals surface area contributed by atoms with Crippen molar-refractivity contribution in [3.63, 3.8) is 0 Å². The van der Waals surface area contributed by atoms with Crippen LogP contribution >= 0.6 is 11.6 Å². The molecule has 0 N–H and O–H groups in total. The van der Waals surface area contributed by atoms with Crippen molar-refractivity contribution in [2.45, 2.75) is 25.0 Å². The largest absolute Gasteiger partial charge is 0.485 e. The Morgan fingerprint density at radius 1 is 1.14 bits per heavy atom. The predicted molar refractivity (Wildman–Crippen MR) is 98.1 cm³/mol. The highest BCUT2D eigenvalue weighted by Crippen LogP contribution is 2.27. The lowest BCUT2D eigenvalue weighted by molar-refractivity contribution is -0.150. The first-order valence-corrected chi connectivity index (χ1v) is 9.00. The van der Waals surface area contributed by atoms with Crippen LogP contribution in [0.4, 0.5) is 8.78 Å². The molecule has 1 aliphatic rings. The van der Waals surface area contributed by atoms with Crippen molar-refractivity contribution in [2.75, 3.05) is 13.7 Å². The average Bonchev–Trinajstić information content (AvgIpc) is 3.10. The smallest absolute Gasteiger partial charge is 0.328 e. The number of hydrogen-bond donors (Lipinski definition) is 0. The fourth-order valence-electron chi connectivity index (χ4n) is 3.19. The van der Waals surface area contributed by atoms with Crippen LogP contribution in [0.1, 0.15) is 12.0 Å². The topological polar surface area (TPSA) is 55.8 Å². The van der Waals surface area contributed by atoms with Gasteiger partial charge in [-0.2, -0.15) is 0 Å². The molecule has 148 valence electrons. The fourth-order valence-corrected chi connectivity index (χ4v) is 3.42. The number of rotatable bonds is 5. The van der Waals surface area contributed by atoms with E-state index in [0.29, 0.717) is 0 Å². The lowest BCUT2D eigenvalue weighted by atomic mass is 10.1. The quantitative estimate of drug-likeness (QED) is 0.710. The molecule has 0 spiro atoms. The maximum Gasteiger partial charge on any atom is 0.328 e. The number of carbonyl (C=O) groups excluding carboxylic acids is 2. The van der Waals surface area contributed by atoms with Crippen molar-refractivity contribution in [3.8, 4) is 5.75 Å². The second-order valence-electron chi connectivity index (χ2n) is 6.37. The summed E-state index contributed by atoms with van der Waals surface area (Å²) < 4.78 is 38.3. The summed E-state index contributed by atoms with van der Waals surface area (Å²) in [5.41, 5.74) is 0.0521. The van der Waals surface area contributed by atoms with Gasteiger partial charge in [-0.1, -0.05) is 29.8 Å². The maximum atomic E-state index is 14.0. The Morgan fingerprint density at radius 3 is 2.54 bits per heavy atom. The summed E-state index contributed by atoms with van der Waals surface area (Å²) in [5.74, 6) is -2.23. The van der Waals surface area contributed by atoms with Gasteiger partial charge in [0.1, 0.15) is 18.0 Å². The van der Waals surface area contributed by atoms with Crippen LogP contribution in [0.25, 0.3) is 0 Å². The molecule has 2 atom stereocenters. The molecule has 0 saturated carbocycles. The van der Waals surface area contributed by atoms with Gasteiger partial charge in [-0.3, -0.25) is 4.79 Å². The molecule has 0 radical (unpaired) electrons. The monoisotopic (exact) mass is 409 g/mol. The number of carbonyl (C=O) groups is 2. The second kappa shape index (κ2) is 8.56. The molecule has 5 nitrogen and oxygen atoms in total. The van der Waals surface area contributed by atoms with E-state index in [1.165, 1.54) is 48.4 Å². The number of nitrogens with zero attached hydrogens (tertiary/aromatic N) is 1. The van der Waals surface area contributed by atoms with E-state index in [1.807, 2.05) is 0 Å². The number of para-hydroxylation sites is 1. The van der Waals surface area contributed by atoms with E-state index in [2.05, 4.69) is 0 Å². The van der Waals surface area contributed by atoms with Gasteiger partial charge in [0.05, 0.1) is 20.1 Å². The summed E-state index contributed by atoms with van der Waals surface area (Å²) in [4.78, 5) is 26.2. The zero-order valence-corrected chi connectivity index (χ0v) is 15.8. The van der Waals surface area contributed by atoms with E-state index in [9.17, 15) is 18.4 Å². The van der Waals surface area contributed by atoms with E-state index in [-0.39, 0.29) is 35.7 Å². The van der Waals surface area contributed by atoms with Gasteiger partial charge in [-0.15, -0.1) is 0 Å². The van der Waals surface area contributed by atoms with Gasteiger partial charge < -0.3 is 14.4 Å². The molecule has 1 heterocycles.